The summed E-state index contributed by atoms with van der Waals surface area (Å²) in [5.41, 5.74) is 2.04. The van der Waals surface area contributed by atoms with Crippen LogP contribution >= 0.6 is 0 Å². The van der Waals surface area contributed by atoms with Crippen LogP contribution in [0.4, 0.5) is 32.1 Å². The van der Waals surface area contributed by atoms with Gasteiger partial charge in [-0.1, -0.05) is 0 Å². The van der Waals surface area contributed by atoms with E-state index in [9.17, 15) is 13.5 Å². The van der Waals surface area contributed by atoms with Crippen LogP contribution in [0.25, 0.3) is 11.4 Å². The number of benzene rings is 1. The molecule has 14 heteroatoms. The topological polar surface area (TPSA) is 142 Å². The van der Waals surface area contributed by atoms with Crippen molar-refractivity contribution >= 4 is 33.1 Å². The summed E-state index contributed by atoms with van der Waals surface area (Å²) < 4.78 is 56.1. The summed E-state index contributed by atoms with van der Waals surface area (Å²) in [6, 6.07) is 3.26. The highest BCUT2D eigenvalue weighted by Crippen LogP contribution is 2.48. The van der Waals surface area contributed by atoms with Gasteiger partial charge in [0, 0.05) is 43.4 Å². The van der Waals surface area contributed by atoms with E-state index in [1.54, 1.807) is 23.2 Å². The second-order valence-corrected chi connectivity index (χ2v) is 11.3. The lowest BCUT2D eigenvalue weighted by molar-refractivity contribution is 0.304. The van der Waals surface area contributed by atoms with Gasteiger partial charge in [-0.3, -0.25) is 5.10 Å². The van der Waals surface area contributed by atoms with Gasteiger partial charge in [0.05, 0.1) is 17.8 Å². The third kappa shape index (κ3) is 5.09. The lowest BCUT2D eigenvalue weighted by Gasteiger charge is -2.25. The molecule has 0 radical (unpaired) electrons. The minimum Gasteiger partial charge on any atom is -0.395 e. The lowest BCUT2D eigenvalue weighted by Crippen LogP contribution is -2.26. The molecule has 11 nitrogen and oxygen atoms in total. The second kappa shape index (κ2) is 9.76. The number of aromatic nitrogens is 6. The summed E-state index contributed by atoms with van der Waals surface area (Å²) in [6.45, 7) is 1.09. The average molecular weight is 545 g/mol. The quantitative estimate of drug-likeness (QED) is 0.289. The first kappa shape index (κ1) is 25.7. The molecule has 1 aliphatic carbocycles. The molecule has 0 atom stereocenters. The number of anilines is 4. The number of halogens is 2. The Kier molecular flexibility index (Phi) is 6.61. The highest BCUT2D eigenvalue weighted by molar-refractivity contribution is 7.90. The maximum atomic E-state index is 15.3. The van der Waals surface area contributed by atoms with E-state index < -0.39 is 38.7 Å². The summed E-state index contributed by atoms with van der Waals surface area (Å²) in [4.78, 5) is 14.3. The van der Waals surface area contributed by atoms with E-state index in [4.69, 9.17) is 0 Å². The number of rotatable bonds is 9. The van der Waals surface area contributed by atoms with Crippen molar-refractivity contribution in [3.8, 4) is 11.4 Å². The molecule has 3 N–H and O–H groups in total. The van der Waals surface area contributed by atoms with Crippen LogP contribution in [-0.2, 0) is 16.9 Å². The van der Waals surface area contributed by atoms with Gasteiger partial charge in [0.25, 0.3) is 0 Å². The summed E-state index contributed by atoms with van der Waals surface area (Å²) in [5.74, 6) is -1.34. The predicted octanol–water partition coefficient (Wildman–Crippen LogP) is 3.34. The molecular formula is C24H26F2N8O3S. The van der Waals surface area contributed by atoms with Gasteiger partial charge in [0.1, 0.15) is 22.9 Å². The van der Waals surface area contributed by atoms with E-state index in [0.717, 1.165) is 47.4 Å². The van der Waals surface area contributed by atoms with Crippen LogP contribution in [0.15, 0.2) is 35.6 Å². The van der Waals surface area contributed by atoms with Crippen LogP contribution in [0.3, 0.4) is 0 Å². The fourth-order valence-corrected chi connectivity index (χ4v) is 4.83. The van der Waals surface area contributed by atoms with Crippen LogP contribution in [0.5, 0.6) is 0 Å². The highest BCUT2D eigenvalue weighted by atomic mass is 32.2. The molecule has 200 valence electrons. The zero-order chi connectivity index (χ0) is 27.2. The Hall–Kier alpha value is -3.91. The molecule has 3 aromatic heterocycles. The molecule has 1 saturated carbocycles. The van der Waals surface area contributed by atoms with Gasteiger partial charge >= 0.3 is 0 Å². The molecule has 1 aliphatic rings. The Bertz CT molecular complexity index is 1590. The van der Waals surface area contributed by atoms with Gasteiger partial charge in [0.2, 0.25) is 5.95 Å². The minimum absolute atomic E-state index is 0.108. The molecule has 0 bridgehead atoms. The number of nitrogens with one attached hydrogen (secondary N) is 2. The van der Waals surface area contributed by atoms with Crippen molar-refractivity contribution in [3.63, 3.8) is 0 Å². The molecule has 0 aliphatic heterocycles. The highest BCUT2D eigenvalue weighted by Gasteiger charge is 2.34. The van der Waals surface area contributed by atoms with Gasteiger partial charge in [-0.25, -0.2) is 27.2 Å². The number of nitrogens with zero attached hydrogens (tertiary/aromatic N) is 6. The molecular weight excluding hydrogens is 518 g/mol. The van der Waals surface area contributed by atoms with E-state index >= 15 is 8.78 Å². The van der Waals surface area contributed by atoms with Gasteiger partial charge in [-0.2, -0.15) is 10.1 Å². The molecule has 1 aromatic carbocycles. The zero-order valence-electron chi connectivity index (χ0n) is 20.9. The second-order valence-electron chi connectivity index (χ2n) is 9.28. The van der Waals surface area contributed by atoms with Crippen molar-refractivity contribution in [1.29, 1.82) is 0 Å². The molecule has 5 rings (SSSR count). The van der Waals surface area contributed by atoms with Crippen molar-refractivity contribution in [3.05, 3.63) is 53.6 Å². The summed E-state index contributed by atoms with van der Waals surface area (Å²) >= 11 is 0. The van der Waals surface area contributed by atoms with E-state index in [-0.39, 0.29) is 18.4 Å². The Balaban J connectivity index is 1.72. The molecule has 0 saturated heterocycles. The minimum atomic E-state index is -3.86. The summed E-state index contributed by atoms with van der Waals surface area (Å²) in [7, 11) is -2.05. The third-order valence-corrected chi connectivity index (χ3v) is 7.16. The molecule has 1 fully saturated rings. The predicted molar refractivity (Wildman–Crippen MR) is 136 cm³/mol. The fourth-order valence-electron chi connectivity index (χ4n) is 4.19. The monoisotopic (exact) mass is 544 g/mol. The average Bonchev–Trinajstić information content (AvgIpc) is 3.46. The van der Waals surface area contributed by atoms with Crippen molar-refractivity contribution in [2.24, 2.45) is 7.05 Å². The Morgan fingerprint density at radius 2 is 1.92 bits per heavy atom. The SMILES string of the molecule is Cc1cc(Nc2nc(N(CCO)c3c(F)cc(S(C)(=O)=O)cc3F)nc(-c3cn(C)cn3)c2C2CC2)n[nH]1. The van der Waals surface area contributed by atoms with Gasteiger partial charge in [0.15, 0.2) is 27.3 Å². The zero-order valence-corrected chi connectivity index (χ0v) is 21.7. The van der Waals surface area contributed by atoms with Gasteiger partial charge in [-0.15, -0.1) is 0 Å². The maximum absolute atomic E-state index is 15.3. The molecule has 4 aromatic rings. The number of aliphatic hydroxyl groups is 1. The number of hydrogen-bond donors (Lipinski definition) is 3. The largest absolute Gasteiger partial charge is 0.395 e. The first-order valence-electron chi connectivity index (χ1n) is 11.8. The van der Waals surface area contributed by atoms with Crippen molar-refractivity contribution in [1.82, 2.24) is 29.7 Å². The van der Waals surface area contributed by atoms with E-state index in [1.165, 1.54) is 0 Å². The first-order valence-corrected chi connectivity index (χ1v) is 13.7. The van der Waals surface area contributed by atoms with E-state index in [2.05, 4.69) is 30.5 Å². The van der Waals surface area contributed by atoms with Gasteiger partial charge in [-0.05, 0) is 37.8 Å². The normalized spacial score (nSPS) is 13.6. The van der Waals surface area contributed by atoms with Crippen molar-refractivity contribution < 1.29 is 22.3 Å². The Morgan fingerprint density at radius 3 is 2.45 bits per heavy atom. The smallest absolute Gasteiger partial charge is 0.232 e. The van der Waals surface area contributed by atoms with E-state index in [1.807, 2.05) is 14.0 Å². The van der Waals surface area contributed by atoms with E-state index in [0.29, 0.717) is 23.0 Å². The van der Waals surface area contributed by atoms with Gasteiger partial charge < -0.3 is 19.9 Å². The molecule has 0 unspecified atom stereocenters. The number of aryl methyl sites for hydroxylation is 2. The van der Waals surface area contributed by atoms with Crippen LogP contribution < -0.4 is 10.2 Å². The number of H-pyrrole nitrogens is 1. The van der Waals surface area contributed by atoms with Crippen LogP contribution in [0, 0.1) is 18.6 Å². The number of hydrogen-bond acceptors (Lipinski definition) is 9. The van der Waals surface area contributed by atoms with Crippen molar-refractivity contribution in [2.45, 2.75) is 30.6 Å². The number of imidazole rings is 1. The summed E-state index contributed by atoms with van der Waals surface area (Å²) in [5, 5.41) is 20.1. The van der Waals surface area contributed by atoms with Crippen LogP contribution in [-0.4, -0.2) is 62.6 Å². The third-order valence-electron chi connectivity index (χ3n) is 6.07. The van der Waals surface area contributed by atoms with Crippen molar-refractivity contribution in [2.75, 3.05) is 29.6 Å². The van der Waals surface area contributed by atoms with Crippen LogP contribution in [0.2, 0.25) is 0 Å². The fraction of sp³-hybridized carbons (Fsp3) is 0.333. The molecule has 3 heterocycles. The van der Waals surface area contributed by atoms with Crippen LogP contribution in [0.1, 0.15) is 30.0 Å². The maximum Gasteiger partial charge on any atom is 0.232 e. The Labute approximate surface area is 217 Å². The molecule has 38 heavy (non-hydrogen) atoms. The standard InChI is InChI=1S/C24H26F2N8O3S/c1-13-8-19(32-31-13)28-23-20(14-4-5-14)21(18-11-33(2)12-27-18)29-24(30-23)34(6-7-35)22-16(25)9-15(10-17(22)26)38(3,36)37/h8-12,14,35H,4-7H2,1-3H3,(H2,28,29,30,31,32). The number of aliphatic hydroxyl groups excluding tert-OH is 1. The molecule has 0 amide bonds. The number of aromatic amines is 1. The number of sulfone groups is 1. The Morgan fingerprint density at radius 1 is 1.21 bits per heavy atom. The lowest BCUT2D eigenvalue weighted by atomic mass is 10.1. The molecule has 0 spiro atoms. The summed E-state index contributed by atoms with van der Waals surface area (Å²) in [6.07, 6.45) is 6.08. The first-order chi connectivity index (χ1) is 18.0.